The molecule has 2 aliphatic rings. The van der Waals surface area contributed by atoms with Crippen LogP contribution in [0.2, 0.25) is 0 Å². The highest BCUT2D eigenvalue weighted by Gasteiger charge is 2.47. The van der Waals surface area contributed by atoms with Crippen LogP contribution in [0.15, 0.2) is 30.6 Å². The zero-order valence-electron chi connectivity index (χ0n) is 15.7. The predicted octanol–water partition coefficient (Wildman–Crippen LogP) is 2.63. The fraction of sp³-hybridized carbons (Fsp3) is 0.450. The number of anilines is 2. The van der Waals surface area contributed by atoms with E-state index in [4.69, 9.17) is 20.6 Å². The molecule has 1 spiro atoms. The molecule has 0 aromatic carbocycles. The SMILES string of the molecule is CC(C)Oc1cc(C(=N)c2ccnc(N3CCOC4(CC4)C3)c2)c(N)cn1. The van der Waals surface area contributed by atoms with Crippen LogP contribution >= 0.6 is 0 Å². The van der Waals surface area contributed by atoms with Crippen molar-refractivity contribution in [3.63, 3.8) is 0 Å². The highest BCUT2D eigenvalue weighted by Crippen LogP contribution is 2.42. The minimum Gasteiger partial charge on any atom is -0.475 e. The van der Waals surface area contributed by atoms with Gasteiger partial charge in [-0.3, -0.25) is 5.41 Å². The topological polar surface area (TPSA) is 97.3 Å². The molecule has 142 valence electrons. The average Bonchev–Trinajstić information content (AvgIpc) is 3.41. The van der Waals surface area contributed by atoms with E-state index in [9.17, 15) is 0 Å². The molecule has 2 aromatic heterocycles. The third-order valence-electron chi connectivity index (χ3n) is 4.95. The second-order valence-electron chi connectivity index (χ2n) is 7.51. The summed E-state index contributed by atoms with van der Waals surface area (Å²) < 4.78 is 11.5. The molecule has 0 unspecified atom stereocenters. The lowest BCUT2D eigenvalue weighted by Crippen LogP contribution is -2.44. The predicted molar refractivity (Wildman–Crippen MR) is 105 cm³/mol. The van der Waals surface area contributed by atoms with Gasteiger partial charge in [0.2, 0.25) is 5.88 Å². The number of hydrogen-bond acceptors (Lipinski definition) is 7. The summed E-state index contributed by atoms with van der Waals surface area (Å²) in [5, 5.41) is 8.66. The Hall–Kier alpha value is -2.67. The largest absolute Gasteiger partial charge is 0.475 e. The van der Waals surface area contributed by atoms with Crippen LogP contribution in [0.1, 0.15) is 37.8 Å². The van der Waals surface area contributed by atoms with E-state index in [-0.39, 0.29) is 11.7 Å². The van der Waals surface area contributed by atoms with E-state index in [1.165, 1.54) is 0 Å². The Labute approximate surface area is 159 Å². The second kappa shape index (κ2) is 6.81. The first-order valence-electron chi connectivity index (χ1n) is 9.32. The van der Waals surface area contributed by atoms with Gasteiger partial charge < -0.3 is 20.1 Å². The van der Waals surface area contributed by atoms with Gasteiger partial charge in [0.1, 0.15) is 5.82 Å². The Balaban J connectivity index is 1.59. The van der Waals surface area contributed by atoms with Crippen LogP contribution in [0.3, 0.4) is 0 Å². The number of pyridine rings is 2. The molecule has 3 N–H and O–H groups in total. The van der Waals surface area contributed by atoms with Crippen LogP contribution in [0, 0.1) is 5.41 Å². The van der Waals surface area contributed by atoms with Crippen molar-refractivity contribution in [3.05, 3.63) is 41.7 Å². The Bertz CT molecular complexity index is 863. The molecule has 27 heavy (non-hydrogen) atoms. The van der Waals surface area contributed by atoms with E-state index < -0.39 is 0 Å². The molecule has 2 fully saturated rings. The van der Waals surface area contributed by atoms with Gasteiger partial charge in [-0.05, 0) is 38.8 Å². The molecule has 1 saturated carbocycles. The molecule has 2 aromatic rings. The van der Waals surface area contributed by atoms with E-state index >= 15 is 0 Å². The number of ether oxygens (including phenoxy) is 2. The third kappa shape index (κ3) is 3.73. The first-order chi connectivity index (χ1) is 13.0. The van der Waals surface area contributed by atoms with E-state index in [2.05, 4.69) is 14.9 Å². The summed E-state index contributed by atoms with van der Waals surface area (Å²) in [5.41, 5.74) is 8.28. The zero-order valence-corrected chi connectivity index (χ0v) is 15.7. The van der Waals surface area contributed by atoms with Gasteiger partial charge in [0.05, 0.1) is 35.9 Å². The van der Waals surface area contributed by atoms with Gasteiger partial charge in [-0.2, -0.15) is 0 Å². The molecule has 0 amide bonds. The average molecular weight is 367 g/mol. The zero-order chi connectivity index (χ0) is 19.0. The number of hydrogen-bond donors (Lipinski definition) is 2. The van der Waals surface area contributed by atoms with Crippen LogP contribution < -0.4 is 15.4 Å². The van der Waals surface area contributed by atoms with Gasteiger partial charge >= 0.3 is 0 Å². The first kappa shape index (κ1) is 17.7. The maximum atomic E-state index is 8.66. The smallest absolute Gasteiger partial charge is 0.214 e. The molecule has 4 rings (SSSR count). The monoisotopic (exact) mass is 367 g/mol. The van der Waals surface area contributed by atoms with Crippen molar-refractivity contribution in [3.8, 4) is 5.88 Å². The summed E-state index contributed by atoms with van der Waals surface area (Å²) in [6.45, 7) is 6.27. The number of nitrogens with one attached hydrogen (secondary N) is 1. The standard InChI is InChI=1S/C20H25N5O2/c1-13(2)27-18-10-15(16(21)11-24-18)19(22)14-3-6-23-17(9-14)25-7-8-26-20(12-25)4-5-20/h3,6,9-11,13,22H,4-5,7-8,12,21H2,1-2H3. The van der Waals surface area contributed by atoms with Crippen molar-refractivity contribution in [2.75, 3.05) is 30.3 Å². The van der Waals surface area contributed by atoms with Crippen molar-refractivity contribution in [1.29, 1.82) is 5.41 Å². The summed E-state index contributed by atoms with van der Waals surface area (Å²) >= 11 is 0. The molecule has 0 atom stereocenters. The first-order valence-corrected chi connectivity index (χ1v) is 9.32. The highest BCUT2D eigenvalue weighted by molar-refractivity contribution is 6.14. The summed E-state index contributed by atoms with van der Waals surface area (Å²) in [5.74, 6) is 1.34. The molecule has 1 aliphatic heterocycles. The van der Waals surface area contributed by atoms with E-state index in [1.54, 1.807) is 18.5 Å². The van der Waals surface area contributed by atoms with Gasteiger partial charge in [0.15, 0.2) is 0 Å². The van der Waals surface area contributed by atoms with E-state index in [0.717, 1.165) is 43.9 Å². The van der Waals surface area contributed by atoms with Gasteiger partial charge in [-0.1, -0.05) is 0 Å². The maximum absolute atomic E-state index is 8.66. The lowest BCUT2D eigenvalue weighted by Gasteiger charge is -2.34. The summed E-state index contributed by atoms with van der Waals surface area (Å²) in [4.78, 5) is 11.0. The Kier molecular flexibility index (Phi) is 4.47. The summed E-state index contributed by atoms with van der Waals surface area (Å²) in [6.07, 6.45) is 5.53. The van der Waals surface area contributed by atoms with Crippen LogP contribution in [-0.4, -0.2) is 47.1 Å². The van der Waals surface area contributed by atoms with Gasteiger partial charge in [0.25, 0.3) is 0 Å². The molecule has 0 radical (unpaired) electrons. The Morgan fingerprint density at radius 1 is 1.33 bits per heavy atom. The fourth-order valence-electron chi connectivity index (χ4n) is 3.35. The van der Waals surface area contributed by atoms with Crippen molar-refractivity contribution < 1.29 is 9.47 Å². The molecule has 1 aliphatic carbocycles. The van der Waals surface area contributed by atoms with Crippen molar-refractivity contribution in [2.45, 2.75) is 38.4 Å². The molecule has 7 nitrogen and oxygen atoms in total. The Morgan fingerprint density at radius 3 is 2.89 bits per heavy atom. The van der Waals surface area contributed by atoms with Gasteiger partial charge in [-0.15, -0.1) is 0 Å². The number of nitrogens with zero attached hydrogens (tertiary/aromatic N) is 3. The van der Waals surface area contributed by atoms with Crippen LogP contribution in [0.5, 0.6) is 5.88 Å². The molecule has 3 heterocycles. The van der Waals surface area contributed by atoms with Gasteiger partial charge in [0, 0.05) is 36.5 Å². The molecular weight excluding hydrogens is 342 g/mol. The molecular formula is C20H25N5O2. The highest BCUT2D eigenvalue weighted by atomic mass is 16.5. The third-order valence-corrected chi connectivity index (χ3v) is 4.95. The minimum absolute atomic E-state index is 0.00625. The number of aromatic nitrogens is 2. The van der Waals surface area contributed by atoms with E-state index in [1.807, 2.05) is 26.0 Å². The number of nitrogen functional groups attached to an aromatic ring is 1. The quantitative estimate of drug-likeness (QED) is 0.789. The van der Waals surface area contributed by atoms with Crippen molar-refractivity contribution in [2.24, 2.45) is 0 Å². The number of morpholine rings is 1. The van der Waals surface area contributed by atoms with Crippen molar-refractivity contribution in [1.82, 2.24) is 9.97 Å². The molecule has 1 saturated heterocycles. The maximum Gasteiger partial charge on any atom is 0.214 e. The van der Waals surface area contributed by atoms with Crippen molar-refractivity contribution >= 4 is 17.2 Å². The molecule has 7 heteroatoms. The second-order valence-corrected chi connectivity index (χ2v) is 7.51. The molecule has 0 bridgehead atoms. The van der Waals surface area contributed by atoms with E-state index in [0.29, 0.717) is 22.8 Å². The number of nitrogens with two attached hydrogens (primary N) is 1. The Morgan fingerprint density at radius 2 is 2.15 bits per heavy atom. The summed E-state index contributed by atoms with van der Waals surface area (Å²) in [6, 6.07) is 5.51. The normalized spacial score (nSPS) is 18.0. The lowest BCUT2D eigenvalue weighted by atomic mass is 10.0. The fourth-order valence-corrected chi connectivity index (χ4v) is 3.35. The van der Waals surface area contributed by atoms with Gasteiger partial charge in [-0.25, -0.2) is 9.97 Å². The van der Waals surface area contributed by atoms with Crippen LogP contribution in [0.25, 0.3) is 0 Å². The number of rotatable bonds is 5. The lowest BCUT2D eigenvalue weighted by molar-refractivity contribution is 0.0204. The minimum atomic E-state index is 0.00625. The van der Waals surface area contributed by atoms with Crippen LogP contribution in [-0.2, 0) is 4.74 Å². The van der Waals surface area contributed by atoms with Crippen LogP contribution in [0.4, 0.5) is 11.5 Å². The summed E-state index contributed by atoms with van der Waals surface area (Å²) in [7, 11) is 0.